The van der Waals surface area contributed by atoms with E-state index in [0.717, 1.165) is 13.7 Å². The summed E-state index contributed by atoms with van der Waals surface area (Å²) in [6.45, 7) is 4.61. The summed E-state index contributed by atoms with van der Waals surface area (Å²) < 4.78 is 7.24. The number of hydrogen-bond donors (Lipinski definition) is 0. The number of rotatable bonds is 4. The van der Waals surface area contributed by atoms with Gasteiger partial charge in [-0.05, 0) is 6.92 Å². The van der Waals surface area contributed by atoms with Gasteiger partial charge in [0, 0.05) is 19.7 Å². The second-order valence-corrected chi connectivity index (χ2v) is 4.03. The smallest absolute Gasteiger partial charge is 0.336 e. The molecule has 0 saturated carbocycles. The van der Waals surface area contributed by atoms with Crippen LogP contribution in [0.5, 0.6) is 0 Å². The first kappa shape index (κ1) is 14.7. The molecule has 0 unspecified atom stereocenters. The second-order valence-electron chi connectivity index (χ2n) is 4.03. The summed E-state index contributed by atoms with van der Waals surface area (Å²) in [6, 6.07) is 0. The van der Waals surface area contributed by atoms with Gasteiger partial charge in [0.05, 0.1) is 6.54 Å². The summed E-state index contributed by atoms with van der Waals surface area (Å²) >= 11 is 0. The van der Waals surface area contributed by atoms with Crippen LogP contribution in [-0.2, 0) is 30.2 Å². The molecule has 8 nitrogen and oxygen atoms in total. The van der Waals surface area contributed by atoms with E-state index in [9.17, 15) is 19.2 Å². The number of hydrogen-bond acceptors (Lipinski definition) is 5. The molecule has 0 spiro atoms. The lowest BCUT2D eigenvalue weighted by Crippen LogP contribution is -2.53. The summed E-state index contributed by atoms with van der Waals surface area (Å²) in [7, 11) is 2.53. The third kappa shape index (κ3) is 2.90. The average Bonchev–Trinajstić information content (AvgIpc) is 2.37. The predicted octanol–water partition coefficient (Wildman–Crippen LogP) is -1.63. The molecule has 0 aliphatic rings. The van der Waals surface area contributed by atoms with Crippen LogP contribution in [-0.4, -0.2) is 26.3 Å². The van der Waals surface area contributed by atoms with Crippen LogP contribution in [0.3, 0.4) is 0 Å². The van der Waals surface area contributed by atoms with E-state index in [0.29, 0.717) is 0 Å². The van der Waals surface area contributed by atoms with Crippen LogP contribution in [0.4, 0.5) is 0 Å². The molecule has 0 amide bonds. The summed E-state index contributed by atoms with van der Waals surface area (Å²) in [5.41, 5.74) is -1.98. The van der Waals surface area contributed by atoms with Crippen molar-refractivity contribution in [2.24, 2.45) is 14.1 Å². The SMILES string of the molecule is C=C(C)C(=O)OCCn1c(=O)n(C)c(=O)n(C)c1=O. The molecule has 1 aromatic rings. The van der Waals surface area contributed by atoms with E-state index in [2.05, 4.69) is 6.58 Å². The van der Waals surface area contributed by atoms with Crippen LogP contribution < -0.4 is 17.1 Å². The van der Waals surface area contributed by atoms with Crippen LogP contribution in [0.15, 0.2) is 26.5 Å². The Morgan fingerprint density at radius 3 is 2.00 bits per heavy atom. The van der Waals surface area contributed by atoms with Crippen molar-refractivity contribution in [2.45, 2.75) is 13.5 Å². The van der Waals surface area contributed by atoms with Crippen molar-refractivity contribution in [1.29, 1.82) is 0 Å². The number of esters is 1. The molecule has 19 heavy (non-hydrogen) atoms. The first-order valence-electron chi connectivity index (χ1n) is 5.47. The van der Waals surface area contributed by atoms with Gasteiger partial charge in [0.25, 0.3) is 0 Å². The molecule has 0 aliphatic heterocycles. The second kappa shape index (κ2) is 5.51. The lowest BCUT2D eigenvalue weighted by Gasteiger charge is -2.09. The number of carbonyl (C=O) groups is 1. The molecule has 0 fully saturated rings. The van der Waals surface area contributed by atoms with Crippen LogP contribution in [0.2, 0.25) is 0 Å². The number of aromatic nitrogens is 3. The fraction of sp³-hybridized carbons (Fsp3) is 0.455. The zero-order valence-corrected chi connectivity index (χ0v) is 11.0. The Morgan fingerprint density at radius 2 is 1.58 bits per heavy atom. The molecule has 104 valence electrons. The molecule has 0 aliphatic carbocycles. The van der Waals surface area contributed by atoms with E-state index in [1.807, 2.05) is 0 Å². The van der Waals surface area contributed by atoms with Crippen LogP contribution >= 0.6 is 0 Å². The first-order valence-corrected chi connectivity index (χ1v) is 5.47. The number of ether oxygens (including phenoxy) is 1. The maximum atomic E-state index is 11.7. The van der Waals surface area contributed by atoms with Crippen LogP contribution in [0.25, 0.3) is 0 Å². The summed E-state index contributed by atoms with van der Waals surface area (Å²) in [5.74, 6) is -0.602. The Bertz CT molecular complexity index is 652. The van der Waals surface area contributed by atoms with Crippen molar-refractivity contribution >= 4 is 5.97 Å². The molecule has 0 N–H and O–H groups in total. The van der Waals surface area contributed by atoms with Crippen molar-refractivity contribution < 1.29 is 9.53 Å². The van der Waals surface area contributed by atoms with Gasteiger partial charge in [0.2, 0.25) is 0 Å². The molecule has 0 aromatic carbocycles. The summed E-state index contributed by atoms with van der Waals surface area (Å²) in [6.07, 6.45) is 0. The Hall–Kier alpha value is -2.38. The highest BCUT2D eigenvalue weighted by Crippen LogP contribution is 1.91. The van der Waals surface area contributed by atoms with Gasteiger partial charge in [-0.25, -0.2) is 32.9 Å². The lowest BCUT2D eigenvalue weighted by molar-refractivity contribution is -0.139. The van der Waals surface area contributed by atoms with Crippen LogP contribution in [0, 0.1) is 0 Å². The molecule has 1 heterocycles. The van der Waals surface area contributed by atoms with Crippen molar-refractivity contribution in [1.82, 2.24) is 13.7 Å². The van der Waals surface area contributed by atoms with Gasteiger partial charge < -0.3 is 4.74 Å². The first-order chi connectivity index (χ1) is 8.77. The monoisotopic (exact) mass is 269 g/mol. The minimum absolute atomic E-state index is 0.126. The molecule has 1 aromatic heterocycles. The lowest BCUT2D eigenvalue weighted by atomic mass is 10.4. The maximum Gasteiger partial charge on any atom is 0.336 e. The highest BCUT2D eigenvalue weighted by molar-refractivity contribution is 5.86. The van der Waals surface area contributed by atoms with E-state index < -0.39 is 23.0 Å². The Labute approximate surface area is 108 Å². The van der Waals surface area contributed by atoms with Gasteiger partial charge in [0.15, 0.2) is 0 Å². The molecule has 1 rings (SSSR count). The molecule has 0 atom stereocenters. The summed E-state index contributed by atoms with van der Waals surface area (Å²) in [5, 5.41) is 0. The largest absolute Gasteiger partial charge is 0.460 e. The van der Waals surface area contributed by atoms with Crippen molar-refractivity contribution in [3.05, 3.63) is 43.6 Å². The molecule has 0 bridgehead atoms. The van der Waals surface area contributed by atoms with Crippen molar-refractivity contribution in [2.75, 3.05) is 6.61 Å². The van der Waals surface area contributed by atoms with Crippen LogP contribution in [0.1, 0.15) is 6.92 Å². The zero-order chi connectivity index (χ0) is 14.7. The average molecular weight is 269 g/mol. The molecule has 0 saturated heterocycles. The standard InChI is InChI=1S/C11H15N3O5/c1-7(2)8(15)19-6-5-14-10(17)12(3)9(16)13(4)11(14)18/h1,5-6H2,2-4H3. The van der Waals surface area contributed by atoms with Gasteiger partial charge in [-0.1, -0.05) is 6.58 Å². The van der Waals surface area contributed by atoms with Gasteiger partial charge in [-0.15, -0.1) is 0 Å². The highest BCUT2D eigenvalue weighted by Gasteiger charge is 2.11. The zero-order valence-electron chi connectivity index (χ0n) is 11.0. The summed E-state index contributed by atoms with van der Waals surface area (Å²) in [4.78, 5) is 46.0. The minimum Gasteiger partial charge on any atom is -0.460 e. The quantitative estimate of drug-likeness (QED) is 0.483. The normalized spacial score (nSPS) is 10.3. The fourth-order valence-electron chi connectivity index (χ4n) is 1.38. The highest BCUT2D eigenvalue weighted by atomic mass is 16.5. The Morgan fingerprint density at radius 1 is 1.11 bits per heavy atom. The maximum absolute atomic E-state index is 11.7. The van der Waals surface area contributed by atoms with Crippen molar-refractivity contribution in [3.63, 3.8) is 0 Å². The third-order valence-electron chi connectivity index (χ3n) is 2.51. The van der Waals surface area contributed by atoms with Gasteiger partial charge >= 0.3 is 23.0 Å². The number of nitrogens with zero attached hydrogens (tertiary/aromatic N) is 3. The van der Waals surface area contributed by atoms with E-state index in [4.69, 9.17) is 4.74 Å². The molecule has 8 heteroatoms. The van der Waals surface area contributed by atoms with E-state index in [1.54, 1.807) is 0 Å². The molecule has 0 radical (unpaired) electrons. The Kier molecular flexibility index (Phi) is 4.26. The van der Waals surface area contributed by atoms with E-state index in [1.165, 1.54) is 21.0 Å². The van der Waals surface area contributed by atoms with E-state index in [-0.39, 0.29) is 18.7 Å². The van der Waals surface area contributed by atoms with Gasteiger partial charge in [-0.3, -0.25) is 0 Å². The van der Waals surface area contributed by atoms with Gasteiger partial charge in [0.1, 0.15) is 6.61 Å². The third-order valence-corrected chi connectivity index (χ3v) is 2.51. The predicted molar refractivity (Wildman–Crippen MR) is 67.0 cm³/mol. The topological polar surface area (TPSA) is 92.3 Å². The van der Waals surface area contributed by atoms with Gasteiger partial charge in [-0.2, -0.15) is 0 Å². The molecular formula is C11H15N3O5. The van der Waals surface area contributed by atoms with E-state index >= 15 is 0 Å². The fourth-order valence-corrected chi connectivity index (χ4v) is 1.38. The molecular weight excluding hydrogens is 254 g/mol. The van der Waals surface area contributed by atoms with Crippen molar-refractivity contribution in [3.8, 4) is 0 Å². The Balaban J connectivity index is 3.01. The minimum atomic E-state index is -0.750. The number of carbonyl (C=O) groups excluding carboxylic acids is 1.